The van der Waals surface area contributed by atoms with E-state index < -0.39 is 0 Å². The zero-order valence-electron chi connectivity index (χ0n) is 9.69. The lowest BCUT2D eigenvalue weighted by atomic mass is 10.1. The van der Waals surface area contributed by atoms with Crippen molar-refractivity contribution < 1.29 is 0 Å². The second-order valence-corrected chi connectivity index (χ2v) is 6.56. The van der Waals surface area contributed by atoms with Gasteiger partial charge in [0.1, 0.15) is 0 Å². The van der Waals surface area contributed by atoms with Crippen molar-refractivity contribution in [2.24, 2.45) is 5.41 Å². The smallest absolute Gasteiger partial charge is 0.0948 e. The first-order valence-corrected chi connectivity index (χ1v) is 7.50. The lowest BCUT2D eigenvalue weighted by Gasteiger charge is -2.00. The molecule has 0 bridgehead atoms. The van der Waals surface area contributed by atoms with Crippen LogP contribution in [0.2, 0.25) is 0 Å². The fourth-order valence-electron chi connectivity index (χ4n) is 1.91. The molecular weight excluding hydrogens is 308 g/mol. The highest BCUT2D eigenvalue weighted by Gasteiger charge is 2.43. The van der Waals surface area contributed by atoms with Crippen molar-refractivity contribution in [1.82, 2.24) is 4.98 Å². The van der Waals surface area contributed by atoms with Gasteiger partial charge < -0.3 is 0 Å². The number of hydrogen-bond acceptors (Lipinski definition) is 3. The van der Waals surface area contributed by atoms with E-state index in [1.54, 1.807) is 11.3 Å². The van der Waals surface area contributed by atoms with Crippen molar-refractivity contribution in [3.8, 4) is 17.3 Å². The van der Waals surface area contributed by atoms with Gasteiger partial charge in [-0.1, -0.05) is 28.1 Å². The van der Waals surface area contributed by atoms with E-state index in [1.165, 1.54) is 0 Å². The highest BCUT2D eigenvalue weighted by atomic mass is 79.9. The SMILES string of the molecule is N#CC1(Cc2nc(-c3ccc(Br)cc3)cs2)CC1. The number of nitriles is 1. The minimum absolute atomic E-state index is 0.102. The van der Waals surface area contributed by atoms with Crippen LogP contribution >= 0.6 is 27.3 Å². The van der Waals surface area contributed by atoms with E-state index in [0.29, 0.717) is 0 Å². The van der Waals surface area contributed by atoms with E-state index in [-0.39, 0.29) is 5.41 Å². The Balaban J connectivity index is 1.81. The third-order valence-electron chi connectivity index (χ3n) is 3.27. The number of hydrogen-bond donors (Lipinski definition) is 0. The molecule has 0 N–H and O–H groups in total. The van der Waals surface area contributed by atoms with Gasteiger partial charge in [0.15, 0.2) is 0 Å². The van der Waals surface area contributed by atoms with Crippen molar-refractivity contribution in [1.29, 1.82) is 5.26 Å². The Morgan fingerprint density at radius 1 is 1.33 bits per heavy atom. The molecule has 18 heavy (non-hydrogen) atoms. The summed E-state index contributed by atoms with van der Waals surface area (Å²) in [4.78, 5) is 4.64. The summed E-state index contributed by atoms with van der Waals surface area (Å²) in [6.45, 7) is 0. The average molecular weight is 319 g/mol. The second kappa shape index (κ2) is 4.49. The number of halogens is 1. The molecular formula is C14H11BrN2S. The van der Waals surface area contributed by atoms with Crippen LogP contribution in [0, 0.1) is 16.7 Å². The van der Waals surface area contributed by atoms with Crippen molar-refractivity contribution in [2.45, 2.75) is 19.3 Å². The summed E-state index contributed by atoms with van der Waals surface area (Å²) in [5.41, 5.74) is 2.04. The standard InChI is InChI=1S/C14H11BrN2S/c15-11-3-1-10(2-4-11)12-8-18-13(17-12)7-14(9-16)5-6-14/h1-4,8H,5-7H2. The molecule has 0 unspecified atom stereocenters. The van der Waals surface area contributed by atoms with Crippen molar-refractivity contribution >= 4 is 27.3 Å². The quantitative estimate of drug-likeness (QED) is 0.840. The Kier molecular flexibility index (Phi) is 2.96. The Hall–Kier alpha value is -1.18. The molecule has 0 aliphatic heterocycles. The Morgan fingerprint density at radius 3 is 2.67 bits per heavy atom. The third kappa shape index (κ3) is 2.33. The minimum atomic E-state index is -0.102. The fourth-order valence-corrected chi connectivity index (χ4v) is 3.13. The predicted octanol–water partition coefficient (Wildman–Crippen LogP) is 4.42. The van der Waals surface area contributed by atoms with Crippen LogP contribution in [0.1, 0.15) is 17.8 Å². The number of aromatic nitrogens is 1. The molecule has 0 spiro atoms. The monoisotopic (exact) mass is 318 g/mol. The van der Waals surface area contributed by atoms with Gasteiger partial charge in [0.2, 0.25) is 0 Å². The molecule has 1 heterocycles. The Labute approximate surface area is 118 Å². The molecule has 0 saturated heterocycles. The first-order chi connectivity index (χ1) is 8.71. The molecule has 1 fully saturated rings. The summed E-state index contributed by atoms with van der Waals surface area (Å²) < 4.78 is 1.07. The third-order valence-corrected chi connectivity index (χ3v) is 4.65. The van der Waals surface area contributed by atoms with Crippen molar-refractivity contribution in [2.75, 3.05) is 0 Å². The number of benzene rings is 1. The summed E-state index contributed by atoms with van der Waals surface area (Å²) in [5.74, 6) is 0. The van der Waals surface area contributed by atoms with Crippen LogP contribution in [0.3, 0.4) is 0 Å². The van der Waals surface area contributed by atoms with Gasteiger partial charge in [-0.25, -0.2) is 4.98 Å². The Morgan fingerprint density at radius 2 is 2.06 bits per heavy atom. The van der Waals surface area contributed by atoms with Gasteiger partial charge in [0.05, 0.1) is 22.2 Å². The molecule has 4 heteroatoms. The highest BCUT2D eigenvalue weighted by Crippen LogP contribution is 2.48. The van der Waals surface area contributed by atoms with Crippen LogP contribution in [0.25, 0.3) is 11.3 Å². The predicted molar refractivity (Wildman–Crippen MR) is 76.2 cm³/mol. The first-order valence-electron chi connectivity index (χ1n) is 5.82. The van der Waals surface area contributed by atoms with E-state index >= 15 is 0 Å². The normalized spacial score (nSPS) is 16.2. The van der Waals surface area contributed by atoms with Crippen LogP contribution in [0.4, 0.5) is 0 Å². The average Bonchev–Trinajstić information content (AvgIpc) is 3.00. The topological polar surface area (TPSA) is 36.7 Å². The summed E-state index contributed by atoms with van der Waals surface area (Å²) >= 11 is 5.08. The fraction of sp³-hybridized carbons (Fsp3) is 0.286. The maximum absolute atomic E-state index is 9.09. The molecule has 0 atom stereocenters. The van der Waals surface area contributed by atoms with Crippen LogP contribution in [0.5, 0.6) is 0 Å². The molecule has 1 aromatic heterocycles. The zero-order valence-corrected chi connectivity index (χ0v) is 12.1. The number of rotatable bonds is 3. The molecule has 0 radical (unpaired) electrons. The van der Waals surface area contributed by atoms with Gasteiger partial charge in [0, 0.05) is 21.8 Å². The summed E-state index contributed by atoms with van der Waals surface area (Å²) in [6, 6.07) is 10.6. The maximum atomic E-state index is 9.09. The molecule has 0 amide bonds. The lowest BCUT2D eigenvalue weighted by molar-refractivity contribution is 0.662. The molecule has 1 aliphatic carbocycles. The molecule has 2 nitrogen and oxygen atoms in total. The minimum Gasteiger partial charge on any atom is -0.241 e. The number of nitrogens with zero attached hydrogens (tertiary/aromatic N) is 2. The van der Waals surface area contributed by atoms with E-state index in [1.807, 2.05) is 12.1 Å². The van der Waals surface area contributed by atoms with E-state index in [9.17, 15) is 0 Å². The van der Waals surface area contributed by atoms with Gasteiger partial charge in [-0.2, -0.15) is 5.26 Å². The maximum Gasteiger partial charge on any atom is 0.0948 e. The van der Waals surface area contributed by atoms with Gasteiger partial charge in [-0.05, 0) is 25.0 Å². The highest BCUT2D eigenvalue weighted by molar-refractivity contribution is 9.10. The molecule has 90 valence electrons. The summed E-state index contributed by atoms with van der Waals surface area (Å²) in [5, 5.41) is 12.2. The van der Waals surface area contributed by atoms with Crippen molar-refractivity contribution in [3.05, 3.63) is 39.1 Å². The molecule has 3 rings (SSSR count). The summed E-state index contributed by atoms with van der Waals surface area (Å²) in [6.07, 6.45) is 2.86. The van der Waals surface area contributed by atoms with Crippen LogP contribution in [-0.2, 0) is 6.42 Å². The first kappa shape index (κ1) is 11.9. The van der Waals surface area contributed by atoms with Crippen molar-refractivity contribution in [3.63, 3.8) is 0 Å². The zero-order chi connectivity index (χ0) is 12.6. The van der Waals surface area contributed by atoms with Gasteiger partial charge in [-0.15, -0.1) is 11.3 Å². The van der Waals surface area contributed by atoms with Crippen LogP contribution < -0.4 is 0 Å². The molecule has 1 saturated carbocycles. The van der Waals surface area contributed by atoms with Crippen LogP contribution in [0.15, 0.2) is 34.1 Å². The Bertz CT molecular complexity index is 605. The molecule has 1 aromatic carbocycles. The van der Waals surface area contributed by atoms with E-state index in [0.717, 1.165) is 40.0 Å². The molecule has 1 aliphatic rings. The largest absolute Gasteiger partial charge is 0.241 e. The lowest BCUT2D eigenvalue weighted by Crippen LogP contribution is -2.00. The second-order valence-electron chi connectivity index (χ2n) is 4.70. The van der Waals surface area contributed by atoms with E-state index in [2.05, 4.69) is 44.5 Å². The van der Waals surface area contributed by atoms with Gasteiger partial charge in [0.25, 0.3) is 0 Å². The van der Waals surface area contributed by atoms with Crippen LogP contribution in [-0.4, -0.2) is 4.98 Å². The van der Waals surface area contributed by atoms with E-state index in [4.69, 9.17) is 5.26 Å². The van der Waals surface area contributed by atoms with Gasteiger partial charge in [-0.3, -0.25) is 0 Å². The number of thiazole rings is 1. The van der Waals surface area contributed by atoms with Gasteiger partial charge >= 0.3 is 0 Å². The molecule has 2 aromatic rings. The summed E-state index contributed by atoms with van der Waals surface area (Å²) in [7, 11) is 0.